The van der Waals surface area contributed by atoms with Crippen LogP contribution in [0.1, 0.15) is 21.5 Å². The summed E-state index contributed by atoms with van der Waals surface area (Å²) in [6.07, 6.45) is -4.43. The average Bonchev–Trinajstić information content (AvgIpc) is 2.38. The lowest BCUT2D eigenvalue weighted by molar-refractivity contribution is -0.138. The third kappa shape index (κ3) is 2.66. The Bertz CT molecular complexity index is 662. The van der Waals surface area contributed by atoms with Crippen molar-refractivity contribution in [1.82, 2.24) is 0 Å². The number of amides is 1. The number of nitrogens with two attached hydrogens (primary N) is 1. The molecule has 2 aromatic carbocycles. The van der Waals surface area contributed by atoms with Crippen LogP contribution >= 0.6 is 0 Å². The molecule has 104 valence electrons. The maximum absolute atomic E-state index is 12.9. The quantitative estimate of drug-likeness (QED) is 0.893. The monoisotopic (exact) mass is 279 g/mol. The van der Waals surface area contributed by atoms with Gasteiger partial charge in [0, 0.05) is 5.56 Å². The molecule has 0 saturated carbocycles. The Hall–Kier alpha value is -2.30. The highest BCUT2D eigenvalue weighted by Gasteiger charge is 2.32. The maximum atomic E-state index is 12.9. The fourth-order valence-corrected chi connectivity index (χ4v) is 2.04. The lowest BCUT2D eigenvalue weighted by atomic mass is 9.95. The van der Waals surface area contributed by atoms with E-state index in [0.29, 0.717) is 11.1 Å². The second-order valence-corrected chi connectivity index (χ2v) is 4.44. The number of hydrogen-bond acceptors (Lipinski definition) is 1. The van der Waals surface area contributed by atoms with Crippen molar-refractivity contribution in [1.29, 1.82) is 0 Å². The van der Waals surface area contributed by atoms with E-state index in [1.54, 1.807) is 24.3 Å². The van der Waals surface area contributed by atoms with Crippen LogP contribution in [0.4, 0.5) is 13.2 Å². The number of alkyl halides is 3. The van der Waals surface area contributed by atoms with E-state index in [2.05, 4.69) is 0 Å². The first-order chi connectivity index (χ1) is 9.30. The molecule has 20 heavy (non-hydrogen) atoms. The van der Waals surface area contributed by atoms with Gasteiger partial charge in [-0.3, -0.25) is 4.79 Å². The lowest BCUT2D eigenvalue weighted by Crippen LogP contribution is -2.12. The predicted molar refractivity (Wildman–Crippen MR) is 70.1 cm³/mol. The summed E-state index contributed by atoms with van der Waals surface area (Å²) in [5.41, 5.74) is 5.58. The Morgan fingerprint density at radius 1 is 1.10 bits per heavy atom. The van der Waals surface area contributed by atoms with Crippen LogP contribution in [0.2, 0.25) is 0 Å². The summed E-state index contributed by atoms with van der Waals surface area (Å²) < 4.78 is 38.7. The summed E-state index contributed by atoms with van der Waals surface area (Å²) in [6, 6.07) is 10.3. The van der Waals surface area contributed by atoms with E-state index in [9.17, 15) is 18.0 Å². The van der Waals surface area contributed by atoms with Gasteiger partial charge in [-0.05, 0) is 35.7 Å². The standard InChI is InChI=1S/C15H12F3NO/c1-9-6-7-10(8-13(9)15(16,17)18)11-4-2-3-5-12(11)14(19)20/h2-8H,1H3,(H2,19,20). The van der Waals surface area contributed by atoms with Gasteiger partial charge in [-0.25, -0.2) is 0 Å². The van der Waals surface area contributed by atoms with Crippen LogP contribution < -0.4 is 5.73 Å². The molecule has 0 aliphatic rings. The smallest absolute Gasteiger partial charge is 0.366 e. The van der Waals surface area contributed by atoms with Gasteiger partial charge in [-0.2, -0.15) is 13.2 Å². The van der Waals surface area contributed by atoms with Crippen LogP contribution in [0.15, 0.2) is 42.5 Å². The summed E-state index contributed by atoms with van der Waals surface area (Å²) in [4.78, 5) is 11.3. The van der Waals surface area contributed by atoms with Gasteiger partial charge in [-0.15, -0.1) is 0 Å². The Balaban J connectivity index is 2.63. The molecule has 0 heterocycles. The number of aryl methyl sites for hydroxylation is 1. The zero-order valence-corrected chi connectivity index (χ0v) is 10.7. The van der Waals surface area contributed by atoms with E-state index < -0.39 is 17.6 Å². The fraction of sp³-hybridized carbons (Fsp3) is 0.133. The third-order valence-electron chi connectivity index (χ3n) is 3.05. The summed E-state index contributed by atoms with van der Waals surface area (Å²) >= 11 is 0. The zero-order valence-electron chi connectivity index (χ0n) is 10.7. The molecule has 0 atom stereocenters. The molecule has 0 aliphatic heterocycles. The van der Waals surface area contributed by atoms with Crippen LogP contribution in [0.3, 0.4) is 0 Å². The first kappa shape index (κ1) is 14.1. The van der Waals surface area contributed by atoms with Gasteiger partial charge in [0.15, 0.2) is 0 Å². The molecule has 0 fully saturated rings. The van der Waals surface area contributed by atoms with Gasteiger partial charge in [0.05, 0.1) is 5.56 Å². The Morgan fingerprint density at radius 2 is 1.75 bits per heavy atom. The summed E-state index contributed by atoms with van der Waals surface area (Å²) in [6.45, 7) is 1.40. The van der Waals surface area contributed by atoms with E-state index in [1.165, 1.54) is 19.1 Å². The van der Waals surface area contributed by atoms with E-state index in [-0.39, 0.29) is 11.1 Å². The van der Waals surface area contributed by atoms with Gasteiger partial charge < -0.3 is 5.73 Å². The molecule has 0 aliphatic carbocycles. The molecule has 0 aromatic heterocycles. The second-order valence-electron chi connectivity index (χ2n) is 4.44. The molecule has 0 bridgehead atoms. The van der Waals surface area contributed by atoms with E-state index >= 15 is 0 Å². The van der Waals surface area contributed by atoms with Gasteiger partial charge in [0.25, 0.3) is 0 Å². The summed E-state index contributed by atoms with van der Waals surface area (Å²) in [5.74, 6) is -0.672. The van der Waals surface area contributed by atoms with Crippen molar-refractivity contribution in [3.8, 4) is 11.1 Å². The number of carbonyl (C=O) groups excluding carboxylic acids is 1. The van der Waals surface area contributed by atoms with Gasteiger partial charge in [0.1, 0.15) is 0 Å². The van der Waals surface area contributed by atoms with Crippen LogP contribution in [-0.4, -0.2) is 5.91 Å². The first-order valence-electron chi connectivity index (χ1n) is 5.88. The number of rotatable bonds is 2. The number of hydrogen-bond donors (Lipinski definition) is 1. The highest BCUT2D eigenvalue weighted by atomic mass is 19.4. The molecule has 2 N–H and O–H groups in total. The zero-order chi connectivity index (χ0) is 14.9. The normalized spacial score (nSPS) is 11.4. The summed E-state index contributed by atoms with van der Waals surface area (Å²) in [7, 11) is 0. The Kier molecular flexibility index (Phi) is 3.53. The molecule has 5 heteroatoms. The predicted octanol–water partition coefficient (Wildman–Crippen LogP) is 3.78. The molecule has 2 aromatic rings. The van der Waals surface area contributed by atoms with Crippen LogP contribution in [0.5, 0.6) is 0 Å². The molecule has 0 spiro atoms. The van der Waals surface area contributed by atoms with Crippen molar-refractivity contribution in [3.63, 3.8) is 0 Å². The number of benzene rings is 2. The lowest BCUT2D eigenvalue weighted by Gasteiger charge is -2.13. The maximum Gasteiger partial charge on any atom is 0.416 e. The second kappa shape index (κ2) is 5.00. The van der Waals surface area contributed by atoms with Gasteiger partial charge >= 0.3 is 6.18 Å². The highest BCUT2D eigenvalue weighted by molar-refractivity contribution is 5.99. The molecule has 2 rings (SSSR count). The van der Waals surface area contributed by atoms with Crippen molar-refractivity contribution in [2.24, 2.45) is 5.73 Å². The van der Waals surface area contributed by atoms with E-state index in [4.69, 9.17) is 5.73 Å². The largest absolute Gasteiger partial charge is 0.416 e. The van der Waals surface area contributed by atoms with Crippen molar-refractivity contribution in [2.75, 3.05) is 0 Å². The SMILES string of the molecule is Cc1ccc(-c2ccccc2C(N)=O)cc1C(F)(F)F. The number of carbonyl (C=O) groups is 1. The van der Waals surface area contributed by atoms with Crippen molar-refractivity contribution >= 4 is 5.91 Å². The van der Waals surface area contributed by atoms with Crippen molar-refractivity contribution < 1.29 is 18.0 Å². The molecule has 1 amide bonds. The van der Waals surface area contributed by atoms with Gasteiger partial charge in [-0.1, -0.05) is 30.3 Å². The van der Waals surface area contributed by atoms with Gasteiger partial charge in [0.2, 0.25) is 5.91 Å². The topological polar surface area (TPSA) is 43.1 Å². The van der Waals surface area contributed by atoms with E-state index in [1.807, 2.05) is 0 Å². The minimum Gasteiger partial charge on any atom is -0.366 e. The molecule has 0 saturated heterocycles. The van der Waals surface area contributed by atoms with Crippen molar-refractivity contribution in [2.45, 2.75) is 13.1 Å². The molecule has 0 radical (unpaired) electrons. The molecule has 0 unspecified atom stereocenters. The molecule has 2 nitrogen and oxygen atoms in total. The molecular weight excluding hydrogens is 267 g/mol. The van der Waals surface area contributed by atoms with Crippen LogP contribution in [0.25, 0.3) is 11.1 Å². The Labute approximate surface area is 114 Å². The summed E-state index contributed by atoms with van der Waals surface area (Å²) in [5, 5.41) is 0. The minimum absolute atomic E-state index is 0.137. The molecular formula is C15H12F3NO. The minimum atomic E-state index is -4.43. The highest BCUT2D eigenvalue weighted by Crippen LogP contribution is 2.35. The van der Waals surface area contributed by atoms with Crippen LogP contribution in [0, 0.1) is 6.92 Å². The fourth-order valence-electron chi connectivity index (χ4n) is 2.04. The first-order valence-corrected chi connectivity index (χ1v) is 5.88. The Morgan fingerprint density at radius 3 is 2.35 bits per heavy atom. The third-order valence-corrected chi connectivity index (χ3v) is 3.05. The number of primary amides is 1. The number of halogens is 3. The van der Waals surface area contributed by atoms with E-state index in [0.717, 1.165) is 6.07 Å². The van der Waals surface area contributed by atoms with Crippen LogP contribution in [-0.2, 0) is 6.18 Å². The average molecular weight is 279 g/mol. The van der Waals surface area contributed by atoms with Crippen molar-refractivity contribution in [3.05, 3.63) is 59.2 Å².